The molecule has 0 spiro atoms. The van der Waals surface area contributed by atoms with Crippen LogP contribution in [0.15, 0.2) is 36.7 Å². The van der Waals surface area contributed by atoms with Crippen LogP contribution in [0, 0.1) is 6.92 Å². The van der Waals surface area contributed by atoms with Crippen LogP contribution in [0.1, 0.15) is 49.5 Å². The lowest BCUT2D eigenvalue weighted by Crippen LogP contribution is -2.29. The van der Waals surface area contributed by atoms with Gasteiger partial charge in [0.2, 0.25) is 0 Å². The van der Waals surface area contributed by atoms with E-state index < -0.39 is 0 Å². The van der Waals surface area contributed by atoms with Crippen LogP contribution in [0.4, 0.5) is 0 Å². The maximum absolute atomic E-state index is 4.45. The lowest BCUT2D eigenvalue weighted by molar-refractivity contribution is 0.359. The van der Waals surface area contributed by atoms with Crippen LogP contribution >= 0.6 is 0 Å². The Balaban J connectivity index is 2.24. The van der Waals surface area contributed by atoms with E-state index in [9.17, 15) is 0 Å². The third-order valence-corrected chi connectivity index (χ3v) is 3.80. The van der Waals surface area contributed by atoms with Crippen molar-refractivity contribution in [3.8, 4) is 0 Å². The van der Waals surface area contributed by atoms with Gasteiger partial charge in [0.05, 0.1) is 18.3 Å². The first kappa shape index (κ1) is 14.8. The van der Waals surface area contributed by atoms with Crippen LogP contribution in [0.2, 0.25) is 0 Å². The summed E-state index contributed by atoms with van der Waals surface area (Å²) in [6, 6.07) is 9.49. The molecule has 2 rings (SSSR count). The molecule has 0 aliphatic carbocycles. The fourth-order valence-corrected chi connectivity index (χ4v) is 2.56. The summed E-state index contributed by atoms with van der Waals surface area (Å²) in [7, 11) is 0. The highest BCUT2D eigenvalue weighted by Gasteiger charge is 2.20. The minimum absolute atomic E-state index is 0.283. The fraction of sp³-hybridized carbons (Fsp3) is 0.471. The molecule has 0 amide bonds. The van der Waals surface area contributed by atoms with E-state index in [0.29, 0.717) is 0 Å². The van der Waals surface area contributed by atoms with E-state index in [0.717, 1.165) is 13.0 Å². The van der Waals surface area contributed by atoms with E-state index in [1.54, 1.807) is 0 Å². The van der Waals surface area contributed by atoms with Gasteiger partial charge in [-0.1, -0.05) is 38.1 Å². The number of rotatable bonds is 6. The van der Waals surface area contributed by atoms with Gasteiger partial charge < -0.3 is 5.32 Å². The van der Waals surface area contributed by atoms with E-state index in [1.807, 2.05) is 6.20 Å². The van der Waals surface area contributed by atoms with Crippen molar-refractivity contribution in [2.24, 2.45) is 0 Å². The molecule has 0 aliphatic heterocycles. The summed E-state index contributed by atoms with van der Waals surface area (Å²) in [5.74, 6) is 0. The second-order valence-corrected chi connectivity index (χ2v) is 5.37. The molecule has 2 aromatic rings. The molecule has 2 atom stereocenters. The Morgan fingerprint density at radius 2 is 1.90 bits per heavy atom. The zero-order chi connectivity index (χ0) is 14.5. The minimum Gasteiger partial charge on any atom is -0.308 e. The van der Waals surface area contributed by atoms with Gasteiger partial charge in [-0.25, -0.2) is 0 Å². The van der Waals surface area contributed by atoms with Crippen LogP contribution in [0.25, 0.3) is 0 Å². The average Bonchev–Trinajstić information content (AvgIpc) is 2.91. The number of nitrogens with one attached hydrogen (secondary N) is 1. The van der Waals surface area contributed by atoms with Gasteiger partial charge in [0.25, 0.3) is 0 Å². The summed E-state index contributed by atoms with van der Waals surface area (Å²) in [5.41, 5.74) is 3.91. The zero-order valence-corrected chi connectivity index (χ0v) is 12.9. The molecule has 0 radical (unpaired) electrons. The molecule has 3 nitrogen and oxygen atoms in total. The van der Waals surface area contributed by atoms with Gasteiger partial charge in [-0.15, -0.1) is 0 Å². The highest BCUT2D eigenvalue weighted by molar-refractivity contribution is 5.26. The van der Waals surface area contributed by atoms with Gasteiger partial charge in [0.1, 0.15) is 0 Å². The summed E-state index contributed by atoms with van der Waals surface area (Å²) in [4.78, 5) is 0. The van der Waals surface area contributed by atoms with Crippen molar-refractivity contribution in [3.63, 3.8) is 0 Å². The number of hydrogen-bond donors (Lipinski definition) is 1. The Bertz CT molecular complexity index is 527. The molecule has 0 bridgehead atoms. The second-order valence-electron chi connectivity index (χ2n) is 5.37. The Kier molecular flexibility index (Phi) is 4.96. The number of nitrogens with zero attached hydrogens (tertiary/aromatic N) is 2. The minimum atomic E-state index is 0.283. The molecule has 0 aliphatic rings. The Labute approximate surface area is 122 Å². The summed E-state index contributed by atoms with van der Waals surface area (Å²) >= 11 is 0. The van der Waals surface area contributed by atoms with Crippen molar-refractivity contribution in [1.29, 1.82) is 0 Å². The highest BCUT2D eigenvalue weighted by atomic mass is 15.3. The largest absolute Gasteiger partial charge is 0.308 e. The predicted octanol–water partition coefficient (Wildman–Crippen LogP) is 3.67. The molecule has 1 aromatic carbocycles. The first-order chi connectivity index (χ1) is 9.65. The van der Waals surface area contributed by atoms with Crippen molar-refractivity contribution >= 4 is 0 Å². The molecule has 2 unspecified atom stereocenters. The normalized spacial score (nSPS) is 14.2. The maximum Gasteiger partial charge on any atom is 0.0685 e. The van der Waals surface area contributed by atoms with Crippen LogP contribution < -0.4 is 5.32 Å². The molecular weight excluding hydrogens is 246 g/mol. The summed E-state index contributed by atoms with van der Waals surface area (Å²) < 4.78 is 2.05. The first-order valence-corrected chi connectivity index (χ1v) is 7.48. The number of aromatic nitrogens is 2. The van der Waals surface area contributed by atoms with Gasteiger partial charge >= 0.3 is 0 Å². The molecular formula is C17H25N3. The molecule has 0 fully saturated rings. The van der Waals surface area contributed by atoms with Gasteiger partial charge in [0.15, 0.2) is 0 Å². The summed E-state index contributed by atoms with van der Waals surface area (Å²) in [6.07, 6.45) is 5.11. The van der Waals surface area contributed by atoms with Crippen LogP contribution in [0.3, 0.4) is 0 Å². The van der Waals surface area contributed by atoms with Crippen molar-refractivity contribution in [2.45, 2.75) is 46.2 Å². The number of benzene rings is 1. The van der Waals surface area contributed by atoms with Crippen molar-refractivity contribution in [1.82, 2.24) is 15.1 Å². The van der Waals surface area contributed by atoms with Gasteiger partial charge in [-0.3, -0.25) is 4.68 Å². The van der Waals surface area contributed by atoms with Crippen LogP contribution in [-0.2, 0) is 6.42 Å². The molecule has 1 N–H and O–H groups in total. The van der Waals surface area contributed by atoms with Gasteiger partial charge in [0, 0.05) is 6.20 Å². The molecule has 1 heterocycles. The monoisotopic (exact) mass is 271 g/mol. The van der Waals surface area contributed by atoms with E-state index >= 15 is 0 Å². The maximum atomic E-state index is 4.45. The zero-order valence-electron chi connectivity index (χ0n) is 12.9. The number of hydrogen-bond acceptors (Lipinski definition) is 2. The third kappa shape index (κ3) is 3.28. The van der Waals surface area contributed by atoms with E-state index in [-0.39, 0.29) is 12.1 Å². The highest BCUT2D eigenvalue weighted by Crippen LogP contribution is 2.26. The SMILES string of the molecule is CCNC(c1ccc(CC)cc1)C(C)n1cc(C)cn1. The fourth-order valence-electron chi connectivity index (χ4n) is 2.56. The topological polar surface area (TPSA) is 29.9 Å². The molecule has 108 valence electrons. The Hall–Kier alpha value is -1.61. The van der Waals surface area contributed by atoms with Gasteiger partial charge in [-0.05, 0) is 43.5 Å². The van der Waals surface area contributed by atoms with Crippen LogP contribution in [0.5, 0.6) is 0 Å². The molecule has 20 heavy (non-hydrogen) atoms. The van der Waals surface area contributed by atoms with Crippen molar-refractivity contribution in [3.05, 3.63) is 53.3 Å². The lowest BCUT2D eigenvalue weighted by Gasteiger charge is -2.26. The lowest BCUT2D eigenvalue weighted by atomic mass is 9.98. The second kappa shape index (κ2) is 6.71. The van der Waals surface area contributed by atoms with E-state index in [2.05, 4.69) is 73.3 Å². The quantitative estimate of drug-likeness (QED) is 0.869. The average molecular weight is 271 g/mol. The molecule has 1 aromatic heterocycles. The molecule has 3 heteroatoms. The van der Waals surface area contributed by atoms with E-state index in [4.69, 9.17) is 0 Å². The standard InChI is InChI=1S/C17H25N3/c1-5-15-7-9-16(10-8-15)17(18-6-2)14(4)20-12-13(3)11-19-20/h7-12,14,17-18H,5-6H2,1-4H3. The van der Waals surface area contributed by atoms with Crippen molar-refractivity contribution < 1.29 is 0 Å². The Morgan fingerprint density at radius 1 is 1.20 bits per heavy atom. The molecule has 0 saturated heterocycles. The van der Waals surface area contributed by atoms with E-state index in [1.165, 1.54) is 16.7 Å². The number of aryl methyl sites for hydroxylation is 2. The molecule has 0 saturated carbocycles. The van der Waals surface area contributed by atoms with Crippen molar-refractivity contribution in [2.75, 3.05) is 6.54 Å². The number of likely N-dealkylation sites (N-methyl/N-ethyl adjacent to an activating group) is 1. The third-order valence-electron chi connectivity index (χ3n) is 3.80. The summed E-state index contributed by atoms with van der Waals surface area (Å²) in [5, 5.41) is 8.04. The summed E-state index contributed by atoms with van der Waals surface area (Å²) in [6.45, 7) is 9.58. The predicted molar refractivity (Wildman–Crippen MR) is 83.9 cm³/mol. The smallest absolute Gasteiger partial charge is 0.0685 e. The Morgan fingerprint density at radius 3 is 2.40 bits per heavy atom. The van der Waals surface area contributed by atoms with Crippen LogP contribution in [-0.4, -0.2) is 16.3 Å². The van der Waals surface area contributed by atoms with Gasteiger partial charge in [-0.2, -0.15) is 5.10 Å². The first-order valence-electron chi connectivity index (χ1n) is 7.48.